The monoisotopic (exact) mass is 387 g/mol. The number of aryl methyl sites for hydroxylation is 1. The summed E-state index contributed by atoms with van der Waals surface area (Å²) in [6.07, 6.45) is -3.06. The summed E-state index contributed by atoms with van der Waals surface area (Å²) in [5, 5.41) is 0. The molecule has 0 fully saturated rings. The minimum Gasteiger partial charge on any atom is -0.472 e. The first-order valence-electron chi connectivity index (χ1n) is 8.82. The summed E-state index contributed by atoms with van der Waals surface area (Å²) in [6, 6.07) is 16.6. The van der Waals surface area contributed by atoms with Crippen molar-refractivity contribution in [3.63, 3.8) is 0 Å². The van der Waals surface area contributed by atoms with Crippen molar-refractivity contribution >= 4 is 11.6 Å². The van der Waals surface area contributed by atoms with E-state index in [1.54, 1.807) is 36.2 Å². The van der Waals surface area contributed by atoms with Crippen molar-refractivity contribution < 1.29 is 17.9 Å². The summed E-state index contributed by atoms with van der Waals surface area (Å²) in [7, 11) is 1.72. The summed E-state index contributed by atoms with van der Waals surface area (Å²) in [4.78, 5) is 9.67. The standard InChI is InChI=1S/C21H20F3N3O/c1-3-16-11-7-8-12-18(16)27(2)20-25-13-17(21(22,23)24)19(26-20)28-14-15-9-5-4-6-10-15/h4-13H,3,14H2,1-2H3. The molecule has 3 aromatic rings. The Morgan fingerprint density at radius 3 is 2.36 bits per heavy atom. The fourth-order valence-electron chi connectivity index (χ4n) is 2.79. The molecule has 0 N–H and O–H groups in total. The Balaban J connectivity index is 1.95. The minimum atomic E-state index is -4.61. The molecule has 0 atom stereocenters. The fraction of sp³-hybridized carbons (Fsp3) is 0.238. The fourth-order valence-corrected chi connectivity index (χ4v) is 2.79. The number of aromatic nitrogens is 2. The van der Waals surface area contributed by atoms with Crippen LogP contribution < -0.4 is 9.64 Å². The van der Waals surface area contributed by atoms with Crippen LogP contribution in [0.5, 0.6) is 5.88 Å². The van der Waals surface area contributed by atoms with Crippen LogP contribution in [-0.2, 0) is 19.2 Å². The molecular formula is C21H20F3N3O. The largest absolute Gasteiger partial charge is 0.472 e. The topological polar surface area (TPSA) is 38.2 Å². The van der Waals surface area contributed by atoms with Gasteiger partial charge in [0.2, 0.25) is 11.8 Å². The quantitative estimate of drug-likeness (QED) is 0.567. The lowest BCUT2D eigenvalue weighted by atomic mass is 10.1. The number of benzene rings is 2. The lowest BCUT2D eigenvalue weighted by Crippen LogP contribution is -2.18. The highest BCUT2D eigenvalue weighted by Crippen LogP contribution is 2.36. The maximum Gasteiger partial charge on any atom is 0.423 e. The Hall–Kier alpha value is -3.09. The third-order valence-corrected chi connectivity index (χ3v) is 4.30. The second-order valence-electron chi connectivity index (χ2n) is 6.20. The van der Waals surface area contributed by atoms with E-state index in [1.165, 1.54) is 0 Å². The van der Waals surface area contributed by atoms with E-state index in [-0.39, 0.29) is 12.6 Å². The number of hydrogen-bond acceptors (Lipinski definition) is 4. The van der Waals surface area contributed by atoms with Gasteiger partial charge in [-0.05, 0) is 23.6 Å². The molecule has 7 heteroatoms. The lowest BCUT2D eigenvalue weighted by Gasteiger charge is -2.21. The Morgan fingerprint density at radius 2 is 1.68 bits per heavy atom. The number of ether oxygens (including phenoxy) is 1. The van der Waals surface area contributed by atoms with Gasteiger partial charge in [0.1, 0.15) is 12.2 Å². The van der Waals surface area contributed by atoms with Gasteiger partial charge in [-0.1, -0.05) is 55.5 Å². The van der Waals surface area contributed by atoms with Gasteiger partial charge in [-0.2, -0.15) is 18.2 Å². The van der Waals surface area contributed by atoms with Gasteiger partial charge >= 0.3 is 6.18 Å². The average Bonchev–Trinajstić information content (AvgIpc) is 2.71. The van der Waals surface area contributed by atoms with Crippen molar-refractivity contribution in [2.24, 2.45) is 0 Å². The maximum atomic E-state index is 13.4. The van der Waals surface area contributed by atoms with E-state index < -0.39 is 17.6 Å². The molecule has 0 amide bonds. The van der Waals surface area contributed by atoms with Crippen LogP contribution in [0.4, 0.5) is 24.8 Å². The van der Waals surface area contributed by atoms with E-state index in [0.29, 0.717) is 0 Å². The Bertz CT molecular complexity index is 930. The molecule has 0 aliphatic rings. The van der Waals surface area contributed by atoms with Crippen molar-refractivity contribution in [1.82, 2.24) is 9.97 Å². The molecule has 0 aliphatic heterocycles. The molecule has 0 bridgehead atoms. The van der Waals surface area contributed by atoms with Crippen molar-refractivity contribution in [1.29, 1.82) is 0 Å². The zero-order valence-corrected chi connectivity index (χ0v) is 15.6. The molecule has 146 valence electrons. The molecule has 0 saturated carbocycles. The second kappa shape index (κ2) is 8.29. The zero-order chi connectivity index (χ0) is 20.1. The molecule has 3 rings (SSSR count). The summed E-state index contributed by atoms with van der Waals surface area (Å²) < 4.78 is 45.6. The molecule has 0 saturated heterocycles. The van der Waals surface area contributed by atoms with Gasteiger partial charge in [0.05, 0.1) is 0 Å². The molecule has 0 aliphatic carbocycles. The van der Waals surface area contributed by atoms with Crippen LogP contribution in [0.25, 0.3) is 0 Å². The van der Waals surface area contributed by atoms with E-state index in [0.717, 1.165) is 29.4 Å². The van der Waals surface area contributed by atoms with Crippen molar-refractivity contribution in [2.45, 2.75) is 26.1 Å². The molecule has 1 heterocycles. The van der Waals surface area contributed by atoms with Gasteiger partial charge in [0.25, 0.3) is 0 Å². The number of halogens is 3. The Labute approximate surface area is 161 Å². The normalized spacial score (nSPS) is 11.3. The highest BCUT2D eigenvalue weighted by Gasteiger charge is 2.36. The summed E-state index contributed by atoms with van der Waals surface area (Å²) in [5.74, 6) is -0.348. The zero-order valence-electron chi connectivity index (χ0n) is 15.6. The highest BCUT2D eigenvalue weighted by molar-refractivity contribution is 5.61. The molecule has 0 unspecified atom stereocenters. The van der Waals surface area contributed by atoms with Crippen LogP contribution >= 0.6 is 0 Å². The van der Waals surface area contributed by atoms with Crippen LogP contribution in [0.3, 0.4) is 0 Å². The van der Waals surface area contributed by atoms with E-state index in [4.69, 9.17) is 4.74 Å². The van der Waals surface area contributed by atoms with Crippen LogP contribution in [0.15, 0.2) is 60.8 Å². The van der Waals surface area contributed by atoms with E-state index >= 15 is 0 Å². The molecule has 2 aromatic carbocycles. The predicted molar refractivity (Wildman–Crippen MR) is 102 cm³/mol. The number of rotatable bonds is 6. The summed E-state index contributed by atoms with van der Waals surface area (Å²) in [5.41, 5.74) is 1.63. The van der Waals surface area contributed by atoms with E-state index in [9.17, 15) is 13.2 Å². The van der Waals surface area contributed by atoms with Crippen LogP contribution in [0, 0.1) is 0 Å². The van der Waals surface area contributed by atoms with Crippen molar-refractivity contribution in [3.05, 3.63) is 77.5 Å². The first kappa shape index (κ1) is 19.7. The van der Waals surface area contributed by atoms with Gasteiger partial charge < -0.3 is 9.64 Å². The van der Waals surface area contributed by atoms with E-state index in [2.05, 4.69) is 9.97 Å². The Kier molecular flexibility index (Phi) is 5.82. The number of alkyl halides is 3. The van der Waals surface area contributed by atoms with Gasteiger partial charge in [0.15, 0.2) is 0 Å². The molecule has 1 aromatic heterocycles. The average molecular weight is 387 g/mol. The molecular weight excluding hydrogens is 367 g/mol. The summed E-state index contributed by atoms with van der Waals surface area (Å²) >= 11 is 0. The van der Waals surface area contributed by atoms with Crippen molar-refractivity contribution in [2.75, 3.05) is 11.9 Å². The van der Waals surface area contributed by atoms with Crippen LogP contribution in [0.2, 0.25) is 0 Å². The molecule has 0 spiro atoms. The summed E-state index contributed by atoms with van der Waals surface area (Å²) in [6.45, 7) is 1.99. The molecule has 28 heavy (non-hydrogen) atoms. The number of anilines is 2. The Morgan fingerprint density at radius 1 is 1.00 bits per heavy atom. The van der Waals surface area contributed by atoms with Gasteiger partial charge in [0, 0.05) is 18.9 Å². The van der Waals surface area contributed by atoms with Gasteiger partial charge in [-0.3, -0.25) is 0 Å². The molecule has 0 radical (unpaired) electrons. The third-order valence-electron chi connectivity index (χ3n) is 4.30. The SMILES string of the molecule is CCc1ccccc1N(C)c1ncc(C(F)(F)F)c(OCc2ccccc2)n1. The highest BCUT2D eigenvalue weighted by atomic mass is 19.4. The maximum absolute atomic E-state index is 13.4. The smallest absolute Gasteiger partial charge is 0.423 e. The minimum absolute atomic E-state index is 0.0182. The number of nitrogens with zero attached hydrogens (tertiary/aromatic N) is 3. The van der Waals surface area contributed by atoms with Gasteiger partial charge in [-0.25, -0.2) is 4.98 Å². The van der Waals surface area contributed by atoms with Crippen LogP contribution in [-0.4, -0.2) is 17.0 Å². The van der Waals surface area contributed by atoms with Crippen molar-refractivity contribution in [3.8, 4) is 5.88 Å². The second-order valence-corrected chi connectivity index (χ2v) is 6.20. The van der Waals surface area contributed by atoms with Crippen LogP contribution in [0.1, 0.15) is 23.6 Å². The number of hydrogen-bond donors (Lipinski definition) is 0. The van der Waals surface area contributed by atoms with Gasteiger partial charge in [-0.15, -0.1) is 0 Å². The molecule has 4 nitrogen and oxygen atoms in total. The van der Waals surface area contributed by atoms with E-state index in [1.807, 2.05) is 37.3 Å². The lowest BCUT2D eigenvalue weighted by molar-refractivity contribution is -0.139. The number of para-hydroxylation sites is 1. The first-order valence-corrected chi connectivity index (χ1v) is 8.82. The predicted octanol–water partition coefficient (Wildman–Crippen LogP) is 5.40. The first-order chi connectivity index (χ1) is 13.4. The third kappa shape index (κ3) is 4.42.